The summed E-state index contributed by atoms with van der Waals surface area (Å²) in [4.78, 5) is 30.0. The molecule has 27 heavy (non-hydrogen) atoms. The molecule has 0 bridgehead atoms. The second kappa shape index (κ2) is 7.34. The number of ether oxygens (including phenoxy) is 1. The Kier molecular flexibility index (Phi) is 4.74. The number of hydrogen-bond donors (Lipinski definition) is 1. The molecule has 0 aliphatic heterocycles. The van der Waals surface area contributed by atoms with E-state index in [1.807, 2.05) is 23.8 Å². The van der Waals surface area contributed by atoms with Gasteiger partial charge in [0, 0.05) is 22.8 Å². The van der Waals surface area contributed by atoms with Gasteiger partial charge in [0.2, 0.25) is 0 Å². The fraction of sp³-hybridized carbons (Fsp3) is 0.105. The zero-order chi connectivity index (χ0) is 18.8. The first kappa shape index (κ1) is 17.4. The molecule has 0 radical (unpaired) electrons. The molecule has 3 heterocycles. The van der Waals surface area contributed by atoms with Crippen molar-refractivity contribution in [2.75, 3.05) is 5.32 Å². The minimum atomic E-state index is -0.136. The van der Waals surface area contributed by atoms with E-state index in [4.69, 9.17) is 4.74 Å². The third-order valence-electron chi connectivity index (χ3n) is 3.87. The van der Waals surface area contributed by atoms with E-state index in [1.54, 1.807) is 34.7 Å². The van der Waals surface area contributed by atoms with Gasteiger partial charge >= 0.3 is 0 Å². The van der Waals surface area contributed by atoms with Crippen molar-refractivity contribution in [1.82, 2.24) is 9.38 Å². The van der Waals surface area contributed by atoms with Crippen molar-refractivity contribution in [2.45, 2.75) is 13.5 Å². The summed E-state index contributed by atoms with van der Waals surface area (Å²) in [6.45, 7) is 2.07. The molecule has 1 N–H and O–H groups in total. The van der Waals surface area contributed by atoms with Gasteiger partial charge in [-0.2, -0.15) is 0 Å². The summed E-state index contributed by atoms with van der Waals surface area (Å²) in [5.41, 5.74) is 2.04. The Balaban J connectivity index is 1.41. The molecule has 4 rings (SSSR count). The van der Waals surface area contributed by atoms with Crippen molar-refractivity contribution in [3.05, 3.63) is 79.8 Å². The third kappa shape index (κ3) is 3.76. The lowest BCUT2D eigenvalue weighted by Crippen LogP contribution is -2.16. The number of aromatic nitrogens is 2. The molecule has 8 heteroatoms. The van der Waals surface area contributed by atoms with Crippen molar-refractivity contribution in [3.8, 4) is 5.75 Å². The topological polar surface area (TPSA) is 72.7 Å². The molecule has 4 aromatic rings. The van der Waals surface area contributed by atoms with Crippen LogP contribution in [-0.2, 0) is 6.61 Å². The lowest BCUT2D eigenvalue weighted by atomic mass is 10.3. The van der Waals surface area contributed by atoms with Crippen molar-refractivity contribution in [3.63, 3.8) is 0 Å². The molecule has 136 valence electrons. The maximum Gasteiger partial charge on any atom is 0.265 e. The number of nitrogens with zero attached hydrogens (tertiary/aromatic N) is 2. The van der Waals surface area contributed by atoms with Crippen LogP contribution in [0, 0.1) is 6.92 Å². The van der Waals surface area contributed by atoms with Gasteiger partial charge in [0.05, 0.1) is 10.6 Å². The average molecular weight is 397 g/mol. The van der Waals surface area contributed by atoms with Gasteiger partial charge in [0.25, 0.3) is 11.5 Å². The summed E-state index contributed by atoms with van der Waals surface area (Å²) in [7, 11) is 0. The highest BCUT2D eigenvalue weighted by Crippen LogP contribution is 2.19. The van der Waals surface area contributed by atoms with Crippen LogP contribution in [0.5, 0.6) is 5.75 Å². The number of thiophene rings is 1. The number of carbonyl (C=O) groups excluding carboxylic acids is 1. The number of nitrogens with one attached hydrogen (secondary N) is 1. The first-order chi connectivity index (χ1) is 13.1. The summed E-state index contributed by atoms with van der Waals surface area (Å²) in [6.07, 6.45) is 0. The number of fused-ring (bicyclic) bond motifs is 1. The predicted molar refractivity (Wildman–Crippen MR) is 107 cm³/mol. The van der Waals surface area contributed by atoms with Gasteiger partial charge in [0.1, 0.15) is 12.4 Å². The van der Waals surface area contributed by atoms with Crippen LogP contribution in [0.4, 0.5) is 5.69 Å². The molecule has 0 unspecified atom stereocenters. The van der Waals surface area contributed by atoms with Gasteiger partial charge in [-0.25, -0.2) is 4.98 Å². The Morgan fingerprint density at radius 3 is 2.78 bits per heavy atom. The molecule has 0 aliphatic carbocycles. The Hall–Kier alpha value is -2.97. The van der Waals surface area contributed by atoms with Gasteiger partial charge < -0.3 is 10.1 Å². The van der Waals surface area contributed by atoms with Crippen LogP contribution in [0.1, 0.15) is 21.1 Å². The zero-order valence-corrected chi connectivity index (χ0v) is 16.0. The third-order valence-corrected chi connectivity index (χ3v) is 5.68. The second-order valence-corrected chi connectivity index (χ2v) is 7.61. The fourth-order valence-corrected chi connectivity index (χ4v) is 4.08. The van der Waals surface area contributed by atoms with Gasteiger partial charge in [-0.1, -0.05) is 6.07 Å². The molecule has 0 aliphatic rings. The molecule has 6 nitrogen and oxygen atoms in total. The first-order valence-corrected chi connectivity index (χ1v) is 9.90. The molecule has 1 amide bonds. The fourth-order valence-electron chi connectivity index (χ4n) is 2.57. The van der Waals surface area contributed by atoms with Crippen LogP contribution < -0.4 is 15.6 Å². The Bertz CT molecular complexity index is 1150. The van der Waals surface area contributed by atoms with Crippen molar-refractivity contribution in [1.29, 1.82) is 0 Å². The zero-order valence-electron chi connectivity index (χ0n) is 14.3. The van der Waals surface area contributed by atoms with E-state index in [0.717, 1.165) is 5.69 Å². The number of benzene rings is 1. The molecule has 1 aromatic carbocycles. The second-order valence-electron chi connectivity index (χ2n) is 5.83. The first-order valence-electron chi connectivity index (χ1n) is 8.15. The summed E-state index contributed by atoms with van der Waals surface area (Å²) >= 11 is 2.82. The molecule has 0 atom stereocenters. The van der Waals surface area contributed by atoms with Gasteiger partial charge in [-0.15, -0.1) is 22.7 Å². The number of rotatable bonds is 5. The number of carbonyl (C=O) groups is 1. The Morgan fingerprint density at radius 1 is 1.22 bits per heavy atom. The number of hydrogen-bond acceptors (Lipinski definition) is 6. The Labute approximate surface area is 162 Å². The number of aryl methyl sites for hydroxylation is 1. The highest BCUT2D eigenvalue weighted by atomic mass is 32.1. The SMILES string of the molecule is Cc1csc2nc(COc3ccc(NC(=O)c4cccs4)cc3)cc(=O)n12. The van der Waals surface area contributed by atoms with E-state index in [9.17, 15) is 9.59 Å². The predicted octanol–water partition coefficient (Wildman–Crippen LogP) is 3.96. The van der Waals surface area contributed by atoms with Gasteiger partial charge in [0.15, 0.2) is 4.96 Å². The van der Waals surface area contributed by atoms with Crippen molar-refractivity contribution >= 4 is 39.2 Å². The summed E-state index contributed by atoms with van der Waals surface area (Å²) in [5, 5.41) is 6.60. The molecular formula is C19H15N3O3S2. The lowest BCUT2D eigenvalue weighted by Gasteiger charge is -2.08. The van der Waals surface area contributed by atoms with E-state index in [1.165, 1.54) is 28.7 Å². The molecule has 0 saturated heterocycles. The standard InChI is InChI=1S/C19H15N3O3S2/c1-12-11-27-19-21-14(9-17(23)22(12)19)10-25-15-6-4-13(5-7-15)20-18(24)16-3-2-8-26-16/h2-9,11H,10H2,1H3,(H,20,24). The minimum absolute atomic E-state index is 0.107. The van der Waals surface area contributed by atoms with Gasteiger partial charge in [-0.05, 0) is 42.6 Å². The highest BCUT2D eigenvalue weighted by molar-refractivity contribution is 7.15. The number of anilines is 1. The summed E-state index contributed by atoms with van der Waals surface area (Å²) in [5.74, 6) is 0.497. The van der Waals surface area contributed by atoms with Crippen molar-refractivity contribution < 1.29 is 9.53 Å². The van der Waals surface area contributed by atoms with Crippen LogP contribution in [0.3, 0.4) is 0 Å². The molecule has 0 fully saturated rings. The largest absolute Gasteiger partial charge is 0.487 e. The smallest absolute Gasteiger partial charge is 0.265 e. The van der Waals surface area contributed by atoms with Crippen LogP contribution in [0.2, 0.25) is 0 Å². The summed E-state index contributed by atoms with van der Waals surface area (Å²) in [6, 6.07) is 12.2. The van der Waals surface area contributed by atoms with E-state index in [0.29, 0.717) is 27.0 Å². The molecule has 3 aromatic heterocycles. The number of thiazole rings is 1. The lowest BCUT2D eigenvalue weighted by molar-refractivity contribution is 0.103. The quantitative estimate of drug-likeness (QED) is 0.553. The molecule has 0 saturated carbocycles. The van der Waals surface area contributed by atoms with Crippen LogP contribution in [-0.4, -0.2) is 15.3 Å². The van der Waals surface area contributed by atoms with E-state index in [2.05, 4.69) is 10.3 Å². The molecular weight excluding hydrogens is 382 g/mol. The monoisotopic (exact) mass is 397 g/mol. The molecule has 0 spiro atoms. The van der Waals surface area contributed by atoms with Crippen LogP contribution >= 0.6 is 22.7 Å². The average Bonchev–Trinajstić information content (AvgIpc) is 3.32. The maximum atomic E-state index is 12.2. The van der Waals surface area contributed by atoms with E-state index < -0.39 is 0 Å². The normalized spacial score (nSPS) is 10.9. The van der Waals surface area contributed by atoms with Crippen molar-refractivity contribution in [2.24, 2.45) is 0 Å². The van der Waals surface area contributed by atoms with Crippen LogP contribution in [0.25, 0.3) is 4.96 Å². The van der Waals surface area contributed by atoms with E-state index >= 15 is 0 Å². The van der Waals surface area contributed by atoms with E-state index in [-0.39, 0.29) is 18.1 Å². The maximum absolute atomic E-state index is 12.2. The highest BCUT2D eigenvalue weighted by Gasteiger charge is 2.08. The Morgan fingerprint density at radius 2 is 2.04 bits per heavy atom. The van der Waals surface area contributed by atoms with Gasteiger partial charge in [-0.3, -0.25) is 14.0 Å². The summed E-state index contributed by atoms with van der Waals surface area (Å²) < 4.78 is 7.30. The van der Waals surface area contributed by atoms with Crippen LogP contribution in [0.15, 0.2) is 58.0 Å². The number of amides is 1. The minimum Gasteiger partial charge on any atom is -0.487 e.